The first-order valence-electron chi connectivity index (χ1n) is 6.39. The van der Waals surface area contributed by atoms with Crippen LogP contribution in [0.5, 0.6) is 0 Å². The first-order valence-corrected chi connectivity index (χ1v) is 8.08. The van der Waals surface area contributed by atoms with Crippen LogP contribution in [-0.2, 0) is 9.05 Å². The van der Waals surface area contributed by atoms with Crippen molar-refractivity contribution in [2.75, 3.05) is 13.2 Å². The predicted molar refractivity (Wildman–Crippen MR) is 80.6 cm³/mol. The summed E-state index contributed by atoms with van der Waals surface area (Å²) >= 11 is 0. The second-order valence-corrected chi connectivity index (χ2v) is 6.12. The van der Waals surface area contributed by atoms with E-state index >= 15 is 0 Å². The van der Waals surface area contributed by atoms with Gasteiger partial charge in [-0.05, 0) is 25.5 Å². The lowest BCUT2D eigenvalue weighted by molar-refractivity contribution is 0.267. The monoisotopic (exact) mass is 263 g/mol. The van der Waals surface area contributed by atoms with E-state index in [4.69, 9.17) is 16.6 Å². The Hall–Kier alpha value is -0.625. The van der Waals surface area contributed by atoms with Crippen molar-refractivity contribution >= 4 is 21.2 Å². The van der Waals surface area contributed by atoms with Crippen molar-refractivity contribution in [2.24, 2.45) is 0 Å². The van der Waals surface area contributed by atoms with E-state index in [2.05, 4.69) is 25.1 Å². The van der Waals surface area contributed by atoms with E-state index in [1.165, 1.54) is 0 Å². The van der Waals surface area contributed by atoms with Gasteiger partial charge < -0.3 is 0 Å². The first-order chi connectivity index (χ1) is 8.66. The molecule has 18 heavy (non-hydrogen) atoms. The molecule has 0 fully saturated rings. The average molecular weight is 263 g/mol. The maximum absolute atomic E-state index is 6.32. The molecule has 1 aromatic rings. The summed E-state index contributed by atoms with van der Waals surface area (Å²) in [5.74, 6) is 0. The van der Waals surface area contributed by atoms with E-state index in [0.717, 1.165) is 17.3 Å². The lowest BCUT2D eigenvalue weighted by Gasteiger charge is -2.21. The molecule has 0 unspecified atom stereocenters. The molecule has 0 saturated heterocycles. The maximum atomic E-state index is 6.32. The Morgan fingerprint density at radius 3 is 2.11 bits per heavy atom. The van der Waals surface area contributed by atoms with Gasteiger partial charge in [0, 0.05) is 6.42 Å². The second-order valence-electron chi connectivity index (χ2n) is 3.83. The highest BCUT2D eigenvalue weighted by Gasteiger charge is 2.39. The summed E-state index contributed by atoms with van der Waals surface area (Å²) in [6.45, 7) is 7.09. The third kappa shape index (κ3) is 4.24. The summed E-state index contributed by atoms with van der Waals surface area (Å²) in [4.78, 5) is 0. The van der Waals surface area contributed by atoms with Crippen molar-refractivity contribution in [2.45, 2.75) is 27.2 Å². The molecule has 0 aliphatic heterocycles. The molecule has 0 N–H and O–H groups in total. The van der Waals surface area contributed by atoms with Crippen LogP contribution in [0.2, 0.25) is 0 Å². The van der Waals surface area contributed by atoms with Crippen molar-refractivity contribution in [3.63, 3.8) is 0 Å². The molecule has 1 rings (SSSR count). The van der Waals surface area contributed by atoms with E-state index in [-0.39, 0.29) is 0 Å². The van der Waals surface area contributed by atoms with Crippen molar-refractivity contribution in [3.8, 4) is 0 Å². The molecule has 0 spiro atoms. The molecule has 0 bridgehead atoms. The minimum Gasteiger partial charge on any atom is -0.222 e. The van der Waals surface area contributed by atoms with Crippen LogP contribution >= 0.6 is 7.59 Å². The summed E-state index contributed by atoms with van der Waals surface area (Å²) in [7, 11) is 3.94. The Bertz CT molecular complexity index is 373. The number of allylic oxidation sites excluding steroid dienone is 1. The lowest BCUT2D eigenvalue weighted by atomic mass is 10.2. The van der Waals surface area contributed by atoms with Crippen LogP contribution in [0.15, 0.2) is 35.6 Å². The van der Waals surface area contributed by atoms with Crippen LogP contribution in [0.1, 0.15) is 32.8 Å². The third-order valence-corrected chi connectivity index (χ3v) is 5.07. The third-order valence-electron chi connectivity index (χ3n) is 2.54. The van der Waals surface area contributed by atoms with E-state index in [1.807, 2.05) is 32.0 Å². The van der Waals surface area contributed by atoms with E-state index in [0.29, 0.717) is 13.2 Å². The number of hydrogen-bond donors (Lipinski definition) is 0. The van der Waals surface area contributed by atoms with Gasteiger partial charge in [0.25, 0.3) is 0 Å². The van der Waals surface area contributed by atoms with Crippen LogP contribution in [0.25, 0.3) is 6.08 Å². The van der Waals surface area contributed by atoms with Gasteiger partial charge in [0.15, 0.2) is 0 Å². The zero-order valence-corrected chi connectivity index (χ0v) is 12.3. The van der Waals surface area contributed by atoms with Gasteiger partial charge >= 0.3 is 7.57 Å². The fourth-order valence-corrected chi connectivity index (χ4v) is 3.68. The molecular weight excluding hydrogens is 242 g/mol. The predicted octanol–water partition coefficient (Wildman–Crippen LogP) is 4.44. The van der Waals surface area contributed by atoms with Crippen LogP contribution in [0.3, 0.4) is 0 Å². The van der Waals surface area contributed by atoms with E-state index in [9.17, 15) is 0 Å². The minimum atomic E-state index is -2.38. The standard InChI is InChI=1S/C14H21BO2P/c1-4-14(12-13-10-8-7-9-11-13)18(15,16-5-2)17-6-3/h7-12H,4-6H2,1-3H3/q+1/b14-12+. The van der Waals surface area contributed by atoms with Gasteiger partial charge in [-0.2, -0.15) is 0 Å². The molecule has 1 aromatic carbocycles. The van der Waals surface area contributed by atoms with Crippen molar-refractivity contribution in [1.29, 1.82) is 0 Å². The molecule has 0 amide bonds. The zero-order chi connectivity index (χ0) is 13.4. The van der Waals surface area contributed by atoms with Gasteiger partial charge in [0.05, 0.1) is 13.2 Å². The van der Waals surface area contributed by atoms with Gasteiger partial charge in [-0.15, -0.1) is 0 Å². The van der Waals surface area contributed by atoms with Gasteiger partial charge in [0.2, 0.25) is 7.59 Å². The SMILES string of the molecule is [B][P+](OCC)(OCC)/C(=C/c1ccccc1)CC. The van der Waals surface area contributed by atoms with Gasteiger partial charge in [-0.25, -0.2) is 9.05 Å². The molecule has 2 nitrogen and oxygen atoms in total. The van der Waals surface area contributed by atoms with Crippen molar-refractivity contribution < 1.29 is 9.05 Å². The molecule has 4 heteroatoms. The molecule has 0 aliphatic rings. The van der Waals surface area contributed by atoms with Crippen molar-refractivity contribution in [1.82, 2.24) is 0 Å². The van der Waals surface area contributed by atoms with Gasteiger partial charge in [-0.3, -0.25) is 0 Å². The van der Waals surface area contributed by atoms with Crippen LogP contribution in [-0.4, -0.2) is 20.8 Å². The fraction of sp³-hybridized carbons (Fsp3) is 0.429. The Morgan fingerprint density at radius 1 is 1.11 bits per heavy atom. The summed E-state index contributed by atoms with van der Waals surface area (Å²) in [6.07, 6.45) is 2.91. The minimum absolute atomic E-state index is 0.566. The van der Waals surface area contributed by atoms with E-state index in [1.54, 1.807) is 0 Å². The molecule has 0 atom stereocenters. The topological polar surface area (TPSA) is 18.5 Å². The highest BCUT2D eigenvalue weighted by molar-refractivity contribution is 7.93. The van der Waals surface area contributed by atoms with Crippen molar-refractivity contribution in [3.05, 3.63) is 41.2 Å². The summed E-state index contributed by atoms with van der Waals surface area (Å²) < 4.78 is 11.4. The summed E-state index contributed by atoms with van der Waals surface area (Å²) in [5, 5.41) is 1.05. The molecule has 0 aliphatic carbocycles. The van der Waals surface area contributed by atoms with Crippen LogP contribution in [0, 0.1) is 0 Å². The zero-order valence-electron chi connectivity index (χ0n) is 11.4. The quantitative estimate of drug-likeness (QED) is 0.534. The largest absolute Gasteiger partial charge is 0.451 e. The molecule has 0 aromatic heterocycles. The Kier molecular flexibility index (Phi) is 6.63. The average Bonchev–Trinajstić information content (AvgIpc) is 2.37. The molecule has 0 heterocycles. The van der Waals surface area contributed by atoms with Gasteiger partial charge in [0.1, 0.15) is 5.31 Å². The Balaban J connectivity index is 3.02. The fourth-order valence-electron chi connectivity index (χ4n) is 1.74. The highest BCUT2D eigenvalue weighted by atomic mass is 31.2. The summed E-state index contributed by atoms with van der Waals surface area (Å²) in [6, 6.07) is 10.1. The van der Waals surface area contributed by atoms with Crippen LogP contribution in [0.4, 0.5) is 0 Å². The Labute approximate surface area is 112 Å². The van der Waals surface area contributed by atoms with Gasteiger partial charge in [-0.1, -0.05) is 37.3 Å². The van der Waals surface area contributed by atoms with E-state index < -0.39 is 7.59 Å². The smallest absolute Gasteiger partial charge is 0.222 e. The lowest BCUT2D eigenvalue weighted by Crippen LogP contribution is -2.06. The maximum Gasteiger partial charge on any atom is 0.451 e. The molecule has 2 radical (unpaired) electrons. The second kappa shape index (κ2) is 7.73. The normalized spacial score (nSPS) is 12.7. The molecule has 0 saturated carbocycles. The Morgan fingerprint density at radius 2 is 1.67 bits per heavy atom. The molecular formula is C14H21BO2P+. The first kappa shape index (κ1) is 15.4. The number of benzene rings is 1. The number of rotatable bonds is 7. The highest BCUT2D eigenvalue weighted by Crippen LogP contribution is 2.64. The number of hydrogen-bond acceptors (Lipinski definition) is 2. The molecule has 96 valence electrons. The summed E-state index contributed by atoms with van der Waals surface area (Å²) in [5.41, 5.74) is 1.13. The van der Waals surface area contributed by atoms with Crippen LogP contribution < -0.4 is 0 Å².